The van der Waals surface area contributed by atoms with Gasteiger partial charge in [-0.1, -0.05) is 12.1 Å². The molecule has 0 fully saturated rings. The number of rotatable bonds is 2. The van der Waals surface area contributed by atoms with Gasteiger partial charge in [-0.2, -0.15) is 13.2 Å². The minimum Gasteiger partial charge on any atom is -0.507 e. The minimum absolute atomic E-state index is 0.0552. The summed E-state index contributed by atoms with van der Waals surface area (Å²) in [4.78, 5) is 10.7. The Morgan fingerprint density at radius 1 is 1.00 bits per heavy atom. The lowest BCUT2D eigenvalue weighted by Gasteiger charge is -2.10. The molecule has 0 unspecified atom stereocenters. The average molecular weight is 284 g/mol. The molecule has 0 saturated heterocycles. The van der Waals surface area contributed by atoms with Crippen LogP contribution in [0.25, 0.3) is 11.1 Å². The zero-order valence-corrected chi connectivity index (χ0v) is 9.91. The van der Waals surface area contributed by atoms with E-state index in [0.29, 0.717) is 18.4 Å². The summed E-state index contributed by atoms with van der Waals surface area (Å²) in [6.07, 6.45) is -4.42. The van der Waals surface area contributed by atoms with Crippen molar-refractivity contribution in [2.45, 2.75) is 6.18 Å². The van der Waals surface area contributed by atoms with Crippen LogP contribution in [0.2, 0.25) is 0 Å². The van der Waals surface area contributed by atoms with Gasteiger partial charge in [0.2, 0.25) is 0 Å². The van der Waals surface area contributed by atoms with E-state index >= 15 is 0 Å². The second kappa shape index (κ2) is 4.96. The molecule has 0 bridgehead atoms. The molecule has 0 spiro atoms. The van der Waals surface area contributed by atoms with Crippen LogP contribution in [-0.4, -0.2) is 11.4 Å². The number of aldehydes is 1. The minimum atomic E-state index is -4.80. The van der Waals surface area contributed by atoms with Crippen molar-refractivity contribution in [2.75, 3.05) is 0 Å². The van der Waals surface area contributed by atoms with Crippen LogP contribution >= 0.6 is 0 Å². The lowest BCUT2D eigenvalue weighted by atomic mass is 10.0. The van der Waals surface area contributed by atoms with Crippen LogP contribution < -0.4 is 0 Å². The molecule has 2 nitrogen and oxygen atoms in total. The standard InChI is InChI=1S/C14H8F4O2/c15-12-3-1-9(6-11(12)14(16,17)18)8-2-4-13(20)10(5-8)7-19/h1-7,20H. The van der Waals surface area contributed by atoms with Gasteiger partial charge in [-0.3, -0.25) is 4.79 Å². The number of carbonyl (C=O) groups excluding carboxylic acids is 1. The number of aromatic hydroxyl groups is 1. The predicted molar refractivity (Wildman–Crippen MR) is 63.9 cm³/mol. The third kappa shape index (κ3) is 2.64. The zero-order chi connectivity index (χ0) is 14.9. The largest absolute Gasteiger partial charge is 0.507 e. The van der Waals surface area contributed by atoms with Crippen LogP contribution in [-0.2, 0) is 6.18 Å². The Balaban J connectivity index is 2.56. The summed E-state index contributed by atoms with van der Waals surface area (Å²) in [5.41, 5.74) is -1.06. The fraction of sp³-hybridized carbons (Fsp3) is 0.0714. The summed E-state index contributed by atoms with van der Waals surface area (Å²) in [6, 6.07) is 6.31. The van der Waals surface area contributed by atoms with Crippen molar-refractivity contribution < 1.29 is 27.5 Å². The van der Waals surface area contributed by atoms with Crippen molar-refractivity contribution in [3.63, 3.8) is 0 Å². The molecular weight excluding hydrogens is 276 g/mol. The monoisotopic (exact) mass is 284 g/mol. The van der Waals surface area contributed by atoms with E-state index in [4.69, 9.17) is 0 Å². The van der Waals surface area contributed by atoms with Crippen molar-refractivity contribution in [3.8, 4) is 16.9 Å². The van der Waals surface area contributed by atoms with E-state index < -0.39 is 17.6 Å². The van der Waals surface area contributed by atoms with Gasteiger partial charge in [0, 0.05) is 0 Å². The molecule has 0 aliphatic heterocycles. The fourth-order valence-electron chi connectivity index (χ4n) is 1.75. The Kier molecular flexibility index (Phi) is 3.48. The number of carbonyl (C=O) groups is 1. The van der Waals surface area contributed by atoms with Gasteiger partial charge < -0.3 is 5.11 Å². The molecule has 0 amide bonds. The highest BCUT2D eigenvalue weighted by Crippen LogP contribution is 2.34. The van der Waals surface area contributed by atoms with Crippen LogP contribution in [0.5, 0.6) is 5.75 Å². The highest BCUT2D eigenvalue weighted by molar-refractivity contribution is 5.82. The molecule has 104 valence electrons. The van der Waals surface area contributed by atoms with E-state index in [1.54, 1.807) is 0 Å². The molecule has 0 heterocycles. The maximum absolute atomic E-state index is 13.2. The van der Waals surface area contributed by atoms with E-state index in [1.165, 1.54) is 24.3 Å². The fourth-order valence-corrected chi connectivity index (χ4v) is 1.75. The van der Waals surface area contributed by atoms with Gasteiger partial charge in [-0.05, 0) is 35.4 Å². The zero-order valence-electron chi connectivity index (χ0n) is 9.91. The molecule has 0 aliphatic rings. The van der Waals surface area contributed by atoms with Crippen LogP contribution in [0, 0.1) is 5.82 Å². The van der Waals surface area contributed by atoms with Crippen LogP contribution in [0.1, 0.15) is 15.9 Å². The third-order valence-corrected chi connectivity index (χ3v) is 2.76. The molecule has 0 saturated carbocycles. The molecule has 0 radical (unpaired) electrons. The second-order valence-electron chi connectivity index (χ2n) is 4.08. The molecule has 0 atom stereocenters. The summed E-state index contributed by atoms with van der Waals surface area (Å²) in [5.74, 6) is -1.64. The lowest BCUT2D eigenvalue weighted by Crippen LogP contribution is -2.08. The van der Waals surface area contributed by atoms with E-state index in [1.807, 2.05) is 0 Å². The Morgan fingerprint density at radius 2 is 1.60 bits per heavy atom. The van der Waals surface area contributed by atoms with Crippen molar-refractivity contribution in [2.24, 2.45) is 0 Å². The SMILES string of the molecule is O=Cc1cc(-c2ccc(F)c(C(F)(F)F)c2)ccc1O. The van der Waals surface area contributed by atoms with E-state index in [-0.39, 0.29) is 22.4 Å². The van der Waals surface area contributed by atoms with Crippen molar-refractivity contribution in [1.82, 2.24) is 0 Å². The molecule has 2 aromatic carbocycles. The smallest absolute Gasteiger partial charge is 0.419 e. The highest BCUT2D eigenvalue weighted by Gasteiger charge is 2.34. The normalized spacial score (nSPS) is 11.4. The number of phenols is 1. The van der Waals surface area contributed by atoms with Gasteiger partial charge in [0.15, 0.2) is 6.29 Å². The molecular formula is C14H8F4O2. The third-order valence-electron chi connectivity index (χ3n) is 2.76. The first-order valence-corrected chi connectivity index (χ1v) is 5.48. The molecule has 6 heteroatoms. The first kappa shape index (κ1) is 14.0. The van der Waals surface area contributed by atoms with Gasteiger partial charge in [-0.15, -0.1) is 0 Å². The maximum atomic E-state index is 13.2. The number of phenolic OH excluding ortho intramolecular Hbond substituents is 1. The molecule has 20 heavy (non-hydrogen) atoms. The number of hydrogen-bond acceptors (Lipinski definition) is 2. The van der Waals surface area contributed by atoms with Gasteiger partial charge in [-0.25, -0.2) is 4.39 Å². The molecule has 0 aromatic heterocycles. The summed E-state index contributed by atoms with van der Waals surface area (Å²) >= 11 is 0. The Bertz CT molecular complexity index is 663. The van der Waals surface area contributed by atoms with E-state index in [2.05, 4.69) is 0 Å². The lowest BCUT2D eigenvalue weighted by molar-refractivity contribution is -0.139. The summed E-state index contributed by atoms with van der Waals surface area (Å²) in [5, 5.41) is 9.34. The van der Waals surface area contributed by atoms with Gasteiger partial charge >= 0.3 is 6.18 Å². The number of hydrogen-bond donors (Lipinski definition) is 1. The molecule has 1 N–H and O–H groups in total. The summed E-state index contributed by atoms with van der Waals surface area (Å²) < 4.78 is 51.0. The maximum Gasteiger partial charge on any atom is 0.419 e. The number of benzene rings is 2. The van der Waals surface area contributed by atoms with Gasteiger partial charge in [0.05, 0.1) is 11.1 Å². The van der Waals surface area contributed by atoms with Crippen LogP contribution in [0.3, 0.4) is 0 Å². The van der Waals surface area contributed by atoms with Crippen LogP contribution in [0.15, 0.2) is 36.4 Å². The number of halogens is 4. The van der Waals surface area contributed by atoms with Gasteiger partial charge in [0.25, 0.3) is 0 Å². The Labute approximate surface area is 111 Å². The van der Waals surface area contributed by atoms with E-state index in [9.17, 15) is 27.5 Å². The number of alkyl halides is 3. The highest BCUT2D eigenvalue weighted by atomic mass is 19.4. The second-order valence-corrected chi connectivity index (χ2v) is 4.08. The van der Waals surface area contributed by atoms with Crippen molar-refractivity contribution >= 4 is 6.29 Å². The first-order valence-electron chi connectivity index (χ1n) is 5.48. The van der Waals surface area contributed by atoms with Crippen molar-refractivity contribution in [1.29, 1.82) is 0 Å². The summed E-state index contributed by atoms with van der Waals surface area (Å²) in [7, 11) is 0. The Morgan fingerprint density at radius 3 is 2.20 bits per heavy atom. The molecule has 2 rings (SSSR count). The topological polar surface area (TPSA) is 37.3 Å². The quantitative estimate of drug-likeness (QED) is 0.667. The Hall–Kier alpha value is -2.37. The predicted octanol–water partition coefficient (Wildman–Crippen LogP) is 4.03. The van der Waals surface area contributed by atoms with Gasteiger partial charge in [0.1, 0.15) is 11.6 Å². The molecule has 2 aromatic rings. The van der Waals surface area contributed by atoms with Crippen LogP contribution in [0.4, 0.5) is 17.6 Å². The molecule has 0 aliphatic carbocycles. The average Bonchev–Trinajstić information content (AvgIpc) is 2.38. The van der Waals surface area contributed by atoms with Crippen molar-refractivity contribution in [3.05, 3.63) is 53.3 Å². The van der Waals surface area contributed by atoms with E-state index in [0.717, 1.165) is 0 Å². The summed E-state index contributed by atoms with van der Waals surface area (Å²) in [6.45, 7) is 0. The first-order chi connectivity index (χ1) is 9.32.